The molecule has 88 valence electrons. The van der Waals surface area contributed by atoms with E-state index in [0.29, 0.717) is 6.07 Å². The van der Waals surface area contributed by atoms with E-state index in [1.54, 1.807) is 0 Å². The van der Waals surface area contributed by atoms with E-state index in [1.807, 2.05) is 0 Å². The molecule has 1 aromatic rings. The van der Waals surface area contributed by atoms with Crippen molar-refractivity contribution in [1.29, 1.82) is 0 Å². The summed E-state index contributed by atoms with van der Waals surface area (Å²) < 4.78 is 36.4. The van der Waals surface area contributed by atoms with Gasteiger partial charge < -0.3 is 10.2 Å². The van der Waals surface area contributed by atoms with Crippen molar-refractivity contribution in [1.82, 2.24) is 0 Å². The molecule has 1 rings (SSSR count). The van der Waals surface area contributed by atoms with Crippen LogP contribution in [-0.4, -0.2) is 21.3 Å². The fourth-order valence-corrected chi connectivity index (χ4v) is 1.05. The number of hydrogen-bond acceptors (Lipinski definition) is 4. The molecule has 0 heterocycles. The number of aromatic hydroxyl groups is 1. The average molecular weight is 237 g/mol. The summed E-state index contributed by atoms with van der Waals surface area (Å²) in [6, 6.07) is 2.04. The molecule has 0 saturated heterocycles. The van der Waals surface area contributed by atoms with Gasteiger partial charge in [0.05, 0.1) is 4.92 Å². The molecule has 0 radical (unpaired) electrons. The first kappa shape index (κ1) is 12.2. The third-order valence-corrected chi connectivity index (χ3v) is 1.83. The van der Waals surface area contributed by atoms with Crippen LogP contribution in [0.1, 0.15) is 11.7 Å². The van der Waals surface area contributed by atoms with Gasteiger partial charge in [-0.25, -0.2) is 0 Å². The van der Waals surface area contributed by atoms with Crippen LogP contribution < -0.4 is 0 Å². The number of rotatable bonds is 2. The van der Waals surface area contributed by atoms with Crippen LogP contribution in [0.2, 0.25) is 0 Å². The first-order chi connectivity index (χ1) is 7.23. The molecular formula is C8H6F3NO4. The van der Waals surface area contributed by atoms with Crippen LogP contribution in [0.15, 0.2) is 18.2 Å². The maximum atomic E-state index is 12.1. The molecule has 0 aliphatic carbocycles. The van der Waals surface area contributed by atoms with Gasteiger partial charge in [-0.1, -0.05) is 0 Å². The summed E-state index contributed by atoms with van der Waals surface area (Å²) in [5.74, 6) is -0.851. The highest BCUT2D eigenvalue weighted by Crippen LogP contribution is 2.38. The summed E-state index contributed by atoms with van der Waals surface area (Å²) >= 11 is 0. The van der Waals surface area contributed by atoms with Crippen molar-refractivity contribution in [2.24, 2.45) is 0 Å². The summed E-state index contributed by atoms with van der Waals surface area (Å²) in [5.41, 5.74) is -1.59. The number of phenolic OH excluding ortho intramolecular Hbond substituents is 1. The monoisotopic (exact) mass is 237 g/mol. The van der Waals surface area contributed by atoms with Gasteiger partial charge in [0.2, 0.25) is 0 Å². The maximum Gasteiger partial charge on any atom is 0.418 e. The number of aliphatic hydroxyl groups is 1. The number of nitrogens with zero attached hydrogens (tertiary/aromatic N) is 1. The van der Waals surface area contributed by atoms with Gasteiger partial charge in [-0.2, -0.15) is 13.2 Å². The Morgan fingerprint density at radius 1 is 1.38 bits per heavy atom. The van der Waals surface area contributed by atoms with Gasteiger partial charge in [-0.05, 0) is 6.07 Å². The van der Waals surface area contributed by atoms with E-state index in [4.69, 9.17) is 10.2 Å². The zero-order chi connectivity index (χ0) is 12.5. The van der Waals surface area contributed by atoms with Crippen molar-refractivity contribution in [3.8, 4) is 5.75 Å². The Hall–Kier alpha value is -1.83. The lowest BCUT2D eigenvalue weighted by atomic mass is 10.1. The second-order valence-electron chi connectivity index (χ2n) is 2.94. The third-order valence-electron chi connectivity index (χ3n) is 1.83. The smallest absolute Gasteiger partial charge is 0.418 e. The molecule has 0 aromatic heterocycles. The molecule has 8 heteroatoms. The molecule has 0 bridgehead atoms. The largest absolute Gasteiger partial charge is 0.508 e. The molecule has 0 amide bonds. The number of hydrogen-bond donors (Lipinski definition) is 2. The molecule has 1 aromatic carbocycles. The first-order valence-electron chi connectivity index (χ1n) is 3.95. The number of nitro benzene ring substituents is 1. The highest BCUT2D eigenvalue weighted by molar-refractivity contribution is 5.44. The number of alkyl halides is 3. The predicted molar refractivity (Wildman–Crippen MR) is 45.8 cm³/mol. The third kappa shape index (κ3) is 2.40. The lowest BCUT2D eigenvalue weighted by Gasteiger charge is -2.15. The van der Waals surface area contributed by atoms with Crippen LogP contribution in [0.5, 0.6) is 5.75 Å². The molecule has 0 fully saturated rings. The Balaban J connectivity index is 3.22. The number of halogens is 3. The van der Waals surface area contributed by atoms with Gasteiger partial charge in [0.15, 0.2) is 6.10 Å². The van der Waals surface area contributed by atoms with Crippen molar-refractivity contribution in [3.63, 3.8) is 0 Å². The van der Waals surface area contributed by atoms with Crippen molar-refractivity contribution >= 4 is 5.69 Å². The van der Waals surface area contributed by atoms with Gasteiger partial charge in [0, 0.05) is 17.7 Å². The molecule has 0 spiro atoms. The molecule has 16 heavy (non-hydrogen) atoms. The van der Waals surface area contributed by atoms with E-state index in [9.17, 15) is 23.3 Å². The van der Waals surface area contributed by atoms with Crippen molar-refractivity contribution < 1.29 is 28.3 Å². The number of aliphatic hydroxyl groups excluding tert-OH is 1. The molecule has 2 N–H and O–H groups in total. The summed E-state index contributed by atoms with van der Waals surface area (Å²) in [4.78, 5) is 9.37. The van der Waals surface area contributed by atoms with Gasteiger partial charge in [-0.15, -0.1) is 0 Å². The van der Waals surface area contributed by atoms with Crippen LogP contribution in [0.25, 0.3) is 0 Å². The van der Waals surface area contributed by atoms with Crippen LogP contribution in [-0.2, 0) is 0 Å². The fraction of sp³-hybridized carbons (Fsp3) is 0.250. The topological polar surface area (TPSA) is 83.6 Å². The fourth-order valence-electron chi connectivity index (χ4n) is 1.05. The normalized spacial score (nSPS) is 13.5. The Bertz CT molecular complexity index is 418. The highest BCUT2D eigenvalue weighted by atomic mass is 19.4. The lowest BCUT2D eigenvalue weighted by molar-refractivity contribution is -0.385. The molecule has 0 aliphatic heterocycles. The van der Waals surface area contributed by atoms with E-state index in [2.05, 4.69) is 0 Å². The van der Waals surface area contributed by atoms with Crippen molar-refractivity contribution in [2.75, 3.05) is 0 Å². The molecular weight excluding hydrogens is 231 g/mol. The summed E-state index contributed by atoms with van der Waals surface area (Å²) in [6.07, 6.45) is -7.94. The van der Waals surface area contributed by atoms with E-state index in [1.165, 1.54) is 0 Å². The number of benzene rings is 1. The summed E-state index contributed by atoms with van der Waals surface area (Å²) in [7, 11) is 0. The van der Waals surface area contributed by atoms with Gasteiger partial charge in [0.25, 0.3) is 5.69 Å². The van der Waals surface area contributed by atoms with Gasteiger partial charge in [0.1, 0.15) is 5.75 Å². The minimum absolute atomic E-state index is 0.480. The van der Waals surface area contributed by atoms with Gasteiger partial charge in [-0.3, -0.25) is 10.1 Å². The number of phenols is 1. The summed E-state index contributed by atoms with van der Waals surface area (Å²) in [6.45, 7) is 0. The Labute approximate surface area is 86.9 Å². The quantitative estimate of drug-likeness (QED) is 0.607. The molecule has 0 unspecified atom stereocenters. The Kier molecular flexibility index (Phi) is 3.04. The van der Waals surface area contributed by atoms with E-state index >= 15 is 0 Å². The minimum Gasteiger partial charge on any atom is -0.508 e. The Morgan fingerprint density at radius 2 is 1.94 bits per heavy atom. The van der Waals surface area contributed by atoms with Crippen LogP contribution in [0.3, 0.4) is 0 Å². The van der Waals surface area contributed by atoms with E-state index in [0.717, 1.165) is 12.1 Å². The van der Waals surface area contributed by atoms with Gasteiger partial charge >= 0.3 is 6.18 Å². The van der Waals surface area contributed by atoms with Crippen LogP contribution in [0.4, 0.5) is 18.9 Å². The number of nitro groups is 1. The number of non-ortho nitro benzene ring substituents is 1. The van der Waals surface area contributed by atoms with Crippen LogP contribution >= 0.6 is 0 Å². The molecule has 5 nitrogen and oxygen atoms in total. The maximum absolute atomic E-state index is 12.1. The van der Waals surface area contributed by atoms with Crippen LogP contribution in [0, 0.1) is 10.1 Å². The predicted octanol–water partition coefficient (Wildman–Crippen LogP) is 1.90. The van der Waals surface area contributed by atoms with Crippen molar-refractivity contribution in [3.05, 3.63) is 33.9 Å². The average Bonchev–Trinajstić information content (AvgIpc) is 2.15. The standard InChI is InChI=1S/C8H6F3NO4/c9-8(10,11)7(14)5-3-4(12(15)16)1-2-6(5)13/h1-3,7,13-14H/t7-/m0/s1. The molecule has 0 aliphatic rings. The highest BCUT2D eigenvalue weighted by Gasteiger charge is 2.41. The minimum atomic E-state index is -4.99. The second-order valence-corrected chi connectivity index (χ2v) is 2.94. The lowest BCUT2D eigenvalue weighted by Crippen LogP contribution is -2.20. The molecule has 1 atom stereocenters. The van der Waals surface area contributed by atoms with Crippen molar-refractivity contribution in [2.45, 2.75) is 12.3 Å². The zero-order valence-corrected chi connectivity index (χ0v) is 7.60. The Morgan fingerprint density at radius 3 is 2.38 bits per heavy atom. The SMILES string of the molecule is O=[N+]([O-])c1ccc(O)c([C@H](O)C(F)(F)F)c1. The van der Waals surface area contributed by atoms with E-state index < -0.39 is 34.2 Å². The second kappa shape index (κ2) is 3.97. The molecule has 0 saturated carbocycles. The summed E-state index contributed by atoms with van der Waals surface area (Å²) in [5, 5.41) is 28.2. The zero-order valence-electron chi connectivity index (χ0n) is 7.60. The first-order valence-corrected chi connectivity index (χ1v) is 3.95. The van der Waals surface area contributed by atoms with E-state index in [-0.39, 0.29) is 0 Å².